The van der Waals surface area contributed by atoms with E-state index in [0.717, 1.165) is 31.3 Å². The van der Waals surface area contributed by atoms with Crippen molar-refractivity contribution in [1.82, 2.24) is 21.0 Å². The van der Waals surface area contributed by atoms with Crippen molar-refractivity contribution < 1.29 is 43.4 Å². The number of allylic oxidation sites excluding steroid dienone is 4. The molecule has 1 aromatic carbocycles. The Labute approximate surface area is 317 Å². The number of rotatable bonds is 9. The quantitative estimate of drug-likeness (QED) is 0.126. The van der Waals surface area contributed by atoms with Crippen LogP contribution in [0.25, 0.3) is 0 Å². The number of methoxy groups -OCH3 is 2. The first kappa shape index (κ1) is 42.2. The first-order chi connectivity index (χ1) is 25.9. The van der Waals surface area contributed by atoms with Crippen molar-refractivity contribution >= 4 is 29.9 Å². The number of hydrogen-bond donors (Lipinski definition) is 4. The average molecular weight is 747 g/mol. The van der Waals surface area contributed by atoms with Crippen LogP contribution in [0.3, 0.4) is 0 Å². The molecule has 292 valence electrons. The Morgan fingerprint density at radius 3 is 2.39 bits per heavy atom. The number of aliphatic hydroxyl groups is 1. The summed E-state index contributed by atoms with van der Waals surface area (Å²) in [7, 11) is 2.96. The molecule has 4 N–H and O–H groups in total. The number of amides is 2. The highest BCUT2D eigenvalue weighted by molar-refractivity contribution is 6.24. The highest BCUT2D eigenvalue weighted by Gasteiger charge is 2.34. The standard InChI is InChI=1S/C41H54N4O9/c1-25-19-31-37(43-41(51)30-15-13-29(14-16-30)23-45-17-8-7-9-18-45)33(47)22-32(39(31)49)42-40(50)26(2)11-10-12-34(52-5)36(44-54-24-46)27(3)21-28(4)38(48)35(20-25)53-6/h10-16,21-22,24-25,28,34-36,38,44,48H,7-9,17-20,23H2,1-6H3,(H,42,50)(H,43,51)/b12-10-,26-11+,27-21+/t25-,28+,34+,35+,36+,38-/m1/s1. The number of nitrogens with one attached hydrogen (secondary N) is 3. The second-order valence-corrected chi connectivity index (χ2v) is 14.4. The fourth-order valence-corrected chi connectivity index (χ4v) is 7.05. The summed E-state index contributed by atoms with van der Waals surface area (Å²) in [4.78, 5) is 72.8. The SMILES string of the molecule is CO[C@H]1/C=C\C=C(/C)C(=O)NC2=CC(=O)C(NC(=O)c3ccc(CN4CCCCC4)cc3)=C(C[C@@H](C)C[C@H](OC)[C@H](O)[C@@H](C)/C=C(\C)[C@@H]1NOC=O)C2=O. The lowest BCUT2D eigenvalue weighted by Gasteiger charge is -2.30. The van der Waals surface area contributed by atoms with Crippen molar-refractivity contribution in [2.45, 2.75) is 90.7 Å². The molecule has 0 radical (unpaired) electrons. The number of hydrogen-bond acceptors (Lipinski definition) is 11. The monoisotopic (exact) mass is 746 g/mol. The Morgan fingerprint density at radius 1 is 1.04 bits per heavy atom. The summed E-state index contributed by atoms with van der Waals surface area (Å²) in [5.74, 6) is -3.16. The van der Waals surface area contributed by atoms with Gasteiger partial charge >= 0.3 is 6.47 Å². The Kier molecular flexibility index (Phi) is 15.8. The summed E-state index contributed by atoms with van der Waals surface area (Å²) < 4.78 is 11.4. The van der Waals surface area contributed by atoms with Gasteiger partial charge in [-0.25, -0.2) is 0 Å². The fourth-order valence-electron chi connectivity index (χ4n) is 7.05. The van der Waals surface area contributed by atoms with E-state index >= 15 is 0 Å². The maximum Gasteiger partial charge on any atom is 0.312 e. The van der Waals surface area contributed by atoms with Gasteiger partial charge in [0.05, 0.1) is 35.7 Å². The first-order valence-electron chi connectivity index (χ1n) is 18.5. The van der Waals surface area contributed by atoms with Gasteiger partial charge < -0.3 is 30.1 Å². The molecule has 6 atom stereocenters. The van der Waals surface area contributed by atoms with Gasteiger partial charge in [0.15, 0.2) is 0 Å². The Morgan fingerprint density at radius 2 is 1.74 bits per heavy atom. The van der Waals surface area contributed by atoms with Gasteiger partial charge in [-0.2, -0.15) is 0 Å². The van der Waals surface area contributed by atoms with Gasteiger partial charge in [-0.3, -0.25) is 28.9 Å². The number of nitrogens with zero attached hydrogens (tertiary/aromatic N) is 1. The van der Waals surface area contributed by atoms with Crippen molar-refractivity contribution in [2.24, 2.45) is 11.8 Å². The van der Waals surface area contributed by atoms with Crippen molar-refractivity contribution in [3.8, 4) is 0 Å². The van der Waals surface area contributed by atoms with Crippen LogP contribution in [0.15, 0.2) is 82.8 Å². The molecule has 4 rings (SSSR count). The molecule has 13 nitrogen and oxygen atoms in total. The molecular weight excluding hydrogens is 692 g/mol. The normalized spacial score (nSPS) is 29.2. The molecule has 2 heterocycles. The van der Waals surface area contributed by atoms with Gasteiger partial charge in [0.25, 0.3) is 11.8 Å². The van der Waals surface area contributed by atoms with Crippen molar-refractivity contribution in [3.05, 3.63) is 93.9 Å². The van der Waals surface area contributed by atoms with E-state index in [1.165, 1.54) is 39.6 Å². The van der Waals surface area contributed by atoms with Gasteiger partial charge in [-0.15, -0.1) is 5.48 Å². The molecule has 2 amide bonds. The third-order valence-corrected chi connectivity index (χ3v) is 10.2. The van der Waals surface area contributed by atoms with Gasteiger partial charge in [-0.05, 0) is 76.2 Å². The highest BCUT2D eigenvalue weighted by atomic mass is 16.7. The first-order valence-corrected chi connectivity index (χ1v) is 18.5. The molecule has 3 aliphatic rings. The lowest BCUT2D eigenvalue weighted by atomic mass is 9.85. The van der Waals surface area contributed by atoms with Crippen LogP contribution in [0.5, 0.6) is 0 Å². The van der Waals surface area contributed by atoms with E-state index in [1.807, 2.05) is 32.1 Å². The van der Waals surface area contributed by atoms with Gasteiger partial charge in [0.2, 0.25) is 11.6 Å². The zero-order valence-corrected chi connectivity index (χ0v) is 32.1. The van der Waals surface area contributed by atoms with Crippen LogP contribution in [-0.4, -0.2) is 91.5 Å². The number of likely N-dealkylation sites (tertiary alicyclic amines) is 1. The molecule has 1 aromatic rings. The predicted octanol–water partition coefficient (Wildman–Crippen LogP) is 3.76. The van der Waals surface area contributed by atoms with Crippen molar-refractivity contribution in [2.75, 3.05) is 27.3 Å². The molecule has 2 bridgehead atoms. The number of carbonyl (C=O) groups excluding carboxylic acids is 5. The molecule has 1 saturated heterocycles. The number of ketones is 2. The lowest BCUT2D eigenvalue weighted by molar-refractivity contribution is -0.138. The zero-order valence-electron chi connectivity index (χ0n) is 32.1. The van der Waals surface area contributed by atoms with Crippen molar-refractivity contribution in [3.63, 3.8) is 0 Å². The average Bonchev–Trinajstić information content (AvgIpc) is 3.16. The van der Waals surface area contributed by atoms with E-state index < -0.39 is 53.7 Å². The van der Waals surface area contributed by atoms with Crippen LogP contribution in [0, 0.1) is 11.8 Å². The van der Waals surface area contributed by atoms with Crippen LogP contribution in [-0.2, 0) is 40.0 Å². The summed E-state index contributed by atoms with van der Waals surface area (Å²) in [6, 6.07) is 6.56. The number of fused-ring (bicyclic) bond motifs is 2. The van der Waals surface area contributed by atoms with Gasteiger partial charge in [0.1, 0.15) is 0 Å². The molecule has 13 heteroatoms. The molecule has 1 fully saturated rings. The lowest BCUT2D eigenvalue weighted by Crippen LogP contribution is -2.41. The molecule has 54 heavy (non-hydrogen) atoms. The summed E-state index contributed by atoms with van der Waals surface area (Å²) in [5.41, 5.74) is 4.68. The number of Topliss-reactive ketones (excluding diaryl/α,β-unsaturated/α-hetero) is 1. The maximum atomic E-state index is 14.0. The Hall–Kier alpha value is -4.53. The van der Waals surface area contributed by atoms with Crippen LogP contribution in [0.4, 0.5) is 0 Å². The van der Waals surface area contributed by atoms with Crippen LogP contribution in [0.1, 0.15) is 75.7 Å². The maximum absolute atomic E-state index is 14.0. The highest BCUT2D eigenvalue weighted by Crippen LogP contribution is 2.29. The Bertz CT molecular complexity index is 1690. The third-order valence-electron chi connectivity index (χ3n) is 10.2. The van der Waals surface area contributed by atoms with Crippen LogP contribution in [0.2, 0.25) is 0 Å². The summed E-state index contributed by atoms with van der Waals surface area (Å²) in [6.07, 6.45) is 9.18. The zero-order chi connectivity index (χ0) is 39.4. The topological polar surface area (TPSA) is 173 Å². The molecular formula is C41H54N4O9. The van der Waals surface area contributed by atoms with Gasteiger partial charge in [0, 0.05) is 49.5 Å². The number of aliphatic hydroxyl groups excluding tert-OH is 1. The number of piperidine rings is 1. The largest absolute Gasteiger partial charge is 0.390 e. The minimum Gasteiger partial charge on any atom is -0.390 e. The van der Waals surface area contributed by atoms with E-state index in [1.54, 1.807) is 38.1 Å². The van der Waals surface area contributed by atoms with E-state index in [-0.39, 0.29) is 47.8 Å². The number of hydroxylamine groups is 1. The van der Waals surface area contributed by atoms with E-state index in [0.29, 0.717) is 11.1 Å². The minimum atomic E-state index is -0.992. The fraction of sp³-hybridized carbons (Fsp3) is 0.488. The molecule has 1 aliphatic carbocycles. The van der Waals surface area contributed by atoms with E-state index in [4.69, 9.17) is 14.3 Å². The summed E-state index contributed by atoms with van der Waals surface area (Å²) in [6.45, 7) is 10.2. The van der Waals surface area contributed by atoms with Crippen LogP contribution < -0.4 is 16.1 Å². The summed E-state index contributed by atoms with van der Waals surface area (Å²) >= 11 is 0. The molecule has 0 spiro atoms. The van der Waals surface area contributed by atoms with Gasteiger partial charge in [-0.1, -0.05) is 62.3 Å². The Balaban J connectivity index is 1.67. The summed E-state index contributed by atoms with van der Waals surface area (Å²) in [5, 5.41) is 16.7. The molecule has 0 unspecified atom stereocenters. The second kappa shape index (κ2) is 20.2. The minimum absolute atomic E-state index is 0.0416. The van der Waals surface area contributed by atoms with E-state index in [9.17, 15) is 29.1 Å². The molecule has 0 aromatic heterocycles. The number of ether oxygens (including phenoxy) is 2. The molecule has 0 saturated carbocycles. The third kappa shape index (κ3) is 11.2. The number of carbonyl (C=O) groups is 5. The number of benzene rings is 1. The second-order valence-electron chi connectivity index (χ2n) is 14.4. The smallest absolute Gasteiger partial charge is 0.312 e. The van der Waals surface area contributed by atoms with Crippen LogP contribution >= 0.6 is 0 Å². The van der Waals surface area contributed by atoms with Crippen molar-refractivity contribution in [1.29, 1.82) is 0 Å². The molecule has 2 aliphatic heterocycles. The predicted molar refractivity (Wildman–Crippen MR) is 202 cm³/mol. The van der Waals surface area contributed by atoms with E-state index in [2.05, 4.69) is 21.0 Å².